The minimum Gasteiger partial charge on any atom is -0.444 e. The van der Waals surface area contributed by atoms with E-state index in [1.54, 1.807) is 20.8 Å². The molecule has 2 aromatic rings. The fraction of sp³-hybridized carbons (Fsp3) is 0.484. The summed E-state index contributed by atoms with van der Waals surface area (Å²) in [5, 5.41) is 5.52. The summed E-state index contributed by atoms with van der Waals surface area (Å²) in [6, 6.07) is 12.8. The van der Waals surface area contributed by atoms with E-state index in [2.05, 4.69) is 10.6 Å². The van der Waals surface area contributed by atoms with Crippen molar-refractivity contribution in [1.82, 2.24) is 15.5 Å². The summed E-state index contributed by atoms with van der Waals surface area (Å²) in [5.74, 6) is -1.78. The number of nitrogens with zero attached hydrogens (tertiary/aromatic N) is 1. The van der Waals surface area contributed by atoms with Crippen LogP contribution in [-0.4, -0.2) is 45.9 Å². The van der Waals surface area contributed by atoms with E-state index < -0.39 is 47.6 Å². The largest absolute Gasteiger partial charge is 0.444 e. The van der Waals surface area contributed by atoms with E-state index in [1.165, 1.54) is 4.90 Å². The van der Waals surface area contributed by atoms with Crippen molar-refractivity contribution >= 4 is 23.8 Å². The first kappa shape index (κ1) is 32.3. The molecule has 0 fully saturated rings. The van der Waals surface area contributed by atoms with Gasteiger partial charge in [0.15, 0.2) is 0 Å². The number of hydrogen-bond acceptors (Lipinski definition) is 5. The predicted octanol–water partition coefficient (Wildman–Crippen LogP) is 4.45. The number of aryl methyl sites for hydroxylation is 2. The average molecular weight is 553 g/mol. The van der Waals surface area contributed by atoms with Crippen LogP contribution >= 0.6 is 0 Å². The van der Waals surface area contributed by atoms with Crippen molar-refractivity contribution in [1.29, 1.82) is 0 Å². The van der Waals surface area contributed by atoms with Crippen LogP contribution in [0.1, 0.15) is 82.7 Å². The van der Waals surface area contributed by atoms with E-state index in [-0.39, 0.29) is 12.5 Å². The molecule has 0 aliphatic rings. The molecule has 2 unspecified atom stereocenters. The fourth-order valence-corrected chi connectivity index (χ4v) is 4.30. The topological polar surface area (TPSA) is 131 Å². The van der Waals surface area contributed by atoms with E-state index in [0.29, 0.717) is 12.0 Å². The van der Waals surface area contributed by atoms with Crippen LogP contribution in [0.3, 0.4) is 0 Å². The lowest BCUT2D eigenvalue weighted by molar-refractivity contribution is -0.150. The smallest absolute Gasteiger partial charge is 0.408 e. The van der Waals surface area contributed by atoms with Gasteiger partial charge in [-0.3, -0.25) is 14.4 Å². The number of alkyl carbamates (subject to hydrolysis) is 1. The van der Waals surface area contributed by atoms with Crippen LogP contribution in [0.15, 0.2) is 48.5 Å². The van der Waals surface area contributed by atoms with Crippen molar-refractivity contribution in [3.8, 4) is 0 Å². The summed E-state index contributed by atoms with van der Waals surface area (Å²) in [4.78, 5) is 54.6. The molecular formula is C31H44N4O5. The van der Waals surface area contributed by atoms with E-state index in [9.17, 15) is 19.2 Å². The molecule has 0 radical (unpaired) electrons. The van der Waals surface area contributed by atoms with Crippen LogP contribution in [0.4, 0.5) is 4.79 Å². The summed E-state index contributed by atoms with van der Waals surface area (Å²) < 4.78 is 5.35. The lowest BCUT2D eigenvalue weighted by atomic mass is 9.89. The third-order valence-corrected chi connectivity index (χ3v) is 6.69. The quantitative estimate of drug-likeness (QED) is 0.379. The fourth-order valence-electron chi connectivity index (χ4n) is 4.30. The molecule has 2 aromatic carbocycles. The molecule has 0 heterocycles. The van der Waals surface area contributed by atoms with Crippen molar-refractivity contribution in [3.63, 3.8) is 0 Å². The third kappa shape index (κ3) is 9.10. The molecule has 0 saturated carbocycles. The van der Waals surface area contributed by atoms with Crippen molar-refractivity contribution in [3.05, 3.63) is 70.8 Å². The monoisotopic (exact) mass is 552 g/mol. The number of nitrogens with one attached hydrogen (secondary N) is 2. The second kappa shape index (κ2) is 13.5. The molecule has 2 rings (SSSR count). The Morgan fingerprint density at radius 2 is 1.60 bits per heavy atom. The maximum Gasteiger partial charge on any atom is 0.408 e. The van der Waals surface area contributed by atoms with Crippen LogP contribution in [0.25, 0.3) is 0 Å². The Labute approximate surface area is 237 Å². The first-order chi connectivity index (χ1) is 18.6. The molecule has 0 saturated heterocycles. The van der Waals surface area contributed by atoms with Crippen LogP contribution in [-0.2, 0) is 25.7 Å². The number of hydrogen-bond donors (Lipinski definition) is 3. The summed E-state index contributed by atoms with van der Waals surface area (Å²) in [6.07, 6.45) is -0.834. The molecule has 40 heavy (non-hydrogen) atoms. The lowest BCUT2D eigenvalue weighted by Gasteiger charge is -2.45. The van der Waals surface area contributed by atoms with Crippen LogP contribution in [0, 0.1) is 13.8 Å². The first-order valence-corrected chi connectivity index (χ1v) is 13.6. The highest BCUT2D eigenvalue weighted by Gasteiger charge is 2.44. The highest BCUT2D eigenvalue weighted by molar-refractivity contribution is 5.95. The van der Waals surface area contributed by atoms with Gasteiger partial charge in [0.1, 0.15) is 17.7 Å². The zero-order valence-electron chi connectivity index (χ0n) is 25.0. The third-order valence-electron chi connectivity index (χ3n) is 6.69. The van der Waals surface area contributed by atoms with Gasteiger partial charge in [-0.2, -0.15) is 0 Å². The molecule has 0 spiro atoms. The Kier molecular flexibility index (Phi) is 10.9. The molecule has 4 amide bonds. The van der Waals surface area contributed by atoms with Gasteiger partial charge in [0.25, 0.3) is 0 Å². The summed E-state index contributed by atoms with van der Waals surface area (Å²) in [6.45, 7) is 14.7. The van der Waals surface area contributed by atoms with Gasteiger partial charge in [-0.15, -0.1) is 0 Å². The maximum absolute atomic E-state index is 14.3. The maximum atomic E-state index is 14.3. The van der Waals surface area contributed by atoms with E-state index >= 15 is 0 Å². The number of amides is 4. The molecule has 0 aliphatic carbocycles. The van der Waals surface area contributed by atoms with Crippen molar-refractivity contribution in [2.24, 2.45) is 5.73 Å². The summed E-state index contributed by atoms with van der Waals surface area (Å²) in [5.41, 5.74) is 7.11. The summed E-state index contributed by atoms with van der Waals surface area (Å²) in [7, 11) is 0. The number of rotatable bonds is 11. The van der Waals surface area contributed by atoms with Gasteiger partial charge in [0, 0.05) is 12.1 Å². The Morgan fingerprint density at radius 1 is 0.975 bits per heavy atom. The minimum absolute atomic E-state index is 0.260. The number of ether oxygens (including phenoxy) is 1. The van der Waals surface area contributed by atoms with Gasteiger partial charge >= 0.3 is 6.09 Å². The van der Waals surface area contributed by atoms with Gasteiger partial charge < -0.3 is 26.0 Å². The average Bonchev–Trinajstić information content (AvgIpc) is 2.85. The number of nitrogens with two attached hydrogens (primary N) is 1. The molecule has 2 atom stereocenters. The molecular weight excluding hydrogens is 508 g/mol. The summed E-state index contributed by atoms with van der Waals surface area (Å²) >= 11 is 0. The Morgan fingerprint density at radius 3 is 2.15 bits per heavy atom. The highest BCUT2D eigenvalue weighted by Crippen LogP contribution is 2.34. The normalized spacial score (nSPS) is 13.1. The number of benzene rings is 2. The Balaban J connectivity index is 2.63. The molecule has 9 heteroatoms. The zero-order valence-corrected chi connectivity index (χ0v) is 25.0. The van der Waals surface area contributed by atoms with E-state index in [4.69, 9.17) is 10.5 Å². The van der Waals surface area contributed by atoms with E-state index in [1.807, 2.05) is 83.1 Å². The zero-order chi connectivity index (χ0) is 30.3. The van der Waals surface area contributed by atoms with Gasteiger partial charge in [-0.1, -0.05) is 61.0 Å². The van der Waals surface area contributed by atoms with Gasteiger partial charge in [0.05, 0.1) is 6.42 Å². The van der Waals surface area contributed by atoms with Gasteiger partial charge in [-0.25, -0.2) is 4.79 Å². The Hall–Kier alpha value is -3.88. The first-order valence-electron chi connectivity index (χ1n) is 13.6. The molecule has 0 aliphatic heterocycles. The predicted molar refractivity (Wildman–Crippen MR) is 155 cm³/mol. The standard InChI is InChI=1S/C31H44N4O5/c1-9-31(7,8)35(28(38)24(18-25(32)36)34-29(39)40-30(4,5)6)26(23-17-20(2)15-16-21(23)3)27(37)33-19-22-13-11-10-12-14-22/h10-17,24,26H,9,18-19H2,1-8H3,(H2,32,36)(H,33,37)(H,34,39). The number of carbonyl (C=O) groups is 4. The molecule has 0 bridgehead atoms. The van der Waals surface area contributed by atoms with Gasteiger partial charge in [0.2, 0.25) is 17.7 Å². The second-order valence-corrected chi connectivity index (χ2v) is 11.7. The Bertz CT molecular complexity index is 1200. The molecule has 4 N–H and O–H groups in total. The van der Waals surface area contributed by atoms with Crippen molar-refractivity contribution in [2.75, 3.05) is 0 Å². The van der Waals surface area contributed by atoms with Crippen molar-refractivity contribution < 1.29 is 23.9 Å². The molecule has 218 valence electrons. The van der Waals surface area contributed by atoms with Crippen LogP contribution < -0.4 is 16.4 Å². The van der Waals surface area contributed by atoms with Gasteiger partial charge in [-0.05, 0) is 71.6 Å². The lowest BCUT2D eigenvalue weighted by Crippen LogP contribution is -2.60. The van der Waals surface area contributed by atoms with Crippen LogP contribution in [0.2, 0.25) is 0 Å². The number of carbonyl (C=O) groups excluding carboxylic acids is 4. The minimum atomic E-state index is -1.34. The SMILES string of the molecule is CCC(C)(C)N(C(=O)C(CC(N)=O)NC(=O)OC(C)(C)C)C(C(=O)NCc1ccccc1)c1cc(C)ccc1C. The van der Waals surface area contributed by atoms with E-state index in [0.717, 1.165) is 16.7 Å². The second-order valence-electron chi connectivity index (χ2n) is 11.7. The molecule has 9 nitrogen and oxygen atoms in total. The van der Waals surface area contributed by atoms with Crippen LogP contribution in [0.5, 0.6) is 0 Å². The highest BCUT2D eigenvalue weighted by atomic mass is 16.6. The number of primary amides is 1. The van der Waals surface area contributed by atoms with Crippen molar-refractivity contribution in [2.45, 2.75) is 98.0 Å². The molecule has 0 aromatic heterocycles.